The molecule has 1 aliphatic carbocycles. The third-order valence-electron chi connectivity index (χ3n) is 4.02. The molecule has 0 spiro atoms. The van der Waals surface area contributed by atoms with Gasteiger partial charge >= 0.3 is 0 Å². The van der Waals surface area contributed by atoms with Gasteiger partial charge in [-0.15, -0.1) is 0 Å². The van der Waals surface area contributed by atoms with Crippen molar-refractivity contribution in [1.82, 2.24) is 5.32 Å². The maximum atomic E-state index is 12.2. The van der Waals surface area contributed by atoms with Gasteiger partial charge in [0, 0.05) is 12.1 Å². The number of carbonyl (C=O) groups excluding carboxylic acids is 1. The maximum Gasteiger partial charge on any atom is 0.260 e. The minimum Gasteiger partial charge on any atom is -0.481 e. The Balaban J connectivity index is 1.89. The lowest BCUT2D eigenvalue weighted by Gasteiger charge is -2.24. The van der Waals surface area contributed by atoms with Gasteiger partial charge in [-0.1, -0.05) is 31.4 Å². The first-order valence-corrected chi connectivity index (χ1v) is 7.89. The average molecular weight is 290 g/mol. The van der Waals surface area contributed by atoms with Crippen molar-refractivity contribution in [1.29, 1.82) is 0 Å². The highest BCUT2D eigenvalue weighted by Gasteiger charge is 2.20. The number of nitrogens with two attached hydrogens (primary N) is 1. The molecule has 4 nitrogen and oxygen atoms in total. The smallest absolute Gasteiger partial charge is 0.260 e. The van der Waals surface area contributed by atoms with Crippen LogP contribution < -0.4 is 15.8 Å². The molecule has 1 amide bonds. The quantitative estimate of drug-likeness (QED) is 0.876. The molecule has 2 atom stereocenters. The zero-order valence-electron chi connectivity index (χ0n) is 13.0. The number of nitrogens with one attached hydrogen (secondary N) is 1. The molecule has 0 aliphatic heterocycles. The van der Waals surface area contributed by atoms with Crippen molar-refractivity contribution in [2.24, 2.45) is 5.73 Å². The van der Waals surface area contributed by atoms with E-state index in [0.717, 1.165) is 18.4 Å². The van der Waals surface area contributed by atoms with Gasteiger partial charge < -0.3 is 15.8 Å². The van der Waals surface area contributed by atoms with Crippen LogP contribution in [0.25, 0.3) is 0 Å². The molecule has 3 N–H and O–H groups in total. The topological polar surface area (TPSA) is 64.3 Å². The van der Waals surface area contributed by atoms with Crippen molar-refractivity contribution in [3.8, 4) is 5.75 Å². The lowest BCUT2D eigenvalue weighted by molar-refractivity contribution is -0.128. The van der Waals surface area contributed by atoms with E-state index in [4.69, 9.17) is 10.5 Å². The largest absolute Gasteiger partial charge is 0.481 e. The molecule has 0 bridgehead atoms. The highest BCUT2D eigenvalue weighted by molar-refractivity contribution is 5.81. The molecule has 1 aromatic carbocycles. The van der Waals surface area contributed by atoms with E-state index in [1.165, 1.54) is 19.3 Å². The lowest BCUT2D eigenvalue weighted by Crippen LogP contribution is -2.43. The van der Waals surface area contributed by atoms with E-state index in [1.807, 2.05) is 31.2 Å². The van der Waals surface area contributed by atoms with Crippen LogP contribution in [0.3, 0.4) is 0 Å². The van der Waals surface area contributed by atoms with Crippen molar-refractivity contribution in [2.75, 3.05) is 0 Å². The van der Waals surface area contributed by atoms with Gasteiger partial charge in [-0.25, -0.2) is 0 Å². The summed E-state index contributed by atoms with van der Waals surface area (Å²) in [5.41, 5.74) is 6.87. The Bertz CT molecular complexity index is 468. The minimum atomic E-state index is -0.491. The van der Waals surface area contributed by atoms with E-state index >= 15 is 0 Å². The number of amides is 1. The Hall–Kier alpha value is -1.55. The molecule has 21 heavy (non-hydrogen) atoms. The molecular weight excluding hydrogens is 264 g/mol. The molecule has 1 saturated carbocycles. The van der Waals surface area contributed by atoms with Crippen molar-refractivity contribution in [2.45, 2.75) is 64.1 Å². The second-order valence-electron chi connectivity index (χ2n) is 5.96. The molecule has 0 aromatic heterocycles. The van der Waals surface area contributed by atoms with E-state index in [9.17, 15) is 4.79 Å². The van der Waals surface area contributed by atoms with Crippen LogP contribution in [0.4, 0.5) is 0 Å². The van der Waals surface area contributed by atoms with Crippen LogP contribution in [0.5, 0.6) is 5.75 Å². The van der Waals surface area contributed by atoms with Crippen molar-refractivity contribution >= 4 is 5.91 Å². The Morgan fingerprint density at radius 1 is 1.29 bits per heavy atom. The van der Waals surface area contributed by atoms with E-state index in [2.05, 4.69) is 5.32 Å². The summed E-state index contributed by atoms with van der Waals surface area (Å²) < 4.78 is 5.74. The van der Waals surface area contributed by atoms with Gasteiger partial charge in [0.05, 0.1) is 0 Å². The number of benzene rings is 1. The van der Waals surface area contributed by atoms with Crippen LogP contribution in [0.15, 0.2) is 24.3 Å². The second kappa shape index (κ2) is 7.46. The fraction of sp³-hybridized carbons (Fsp3) is 0.588. The molecule has 116 valence electrons. The maximum absolute atomic E-state index is 12.2. The summed E-state index contributed by atoms with van der Waals surface area (Å²) in [7, 11) is 0. The lowest BCUT2D eigenvalue weighted by atomic mass is 9.95. The van der Waals surface area contributed by atoms with Crippen LogP contribution in [0.1, 0.15) is 57.6 Å². The number of carbonyl (C=O) groups is 1. The summed E-state index contributed by atoms with van der Waals surface area (Å²) in [5, 5.41) is 3.09. The summed E-state index contributed by atoms with van der Waals surface area (Å²) in [6.45, 7) is 3.72. The predicted molar refractivity (Wildman–Crippen MR) is 84.2 cm³/mol. The summed E-state index contributed by atoms with van der Waals surface area (Å²) >= 11 is 0. The van der Waals surface area contributed by atoms with E-state index in [1.54, 1.807) is 6.92 Å². The first-order valence-electron chi connectivity index (χ1n) is 7.89. The van der Waals surface area contributed by atoms with Crippen molar-refractivity contribution in [3.63, 3.8) is 0 Å². The molecule has 0 radical (unpaired) electrons. The Morgan fingerprint density at radius 2 is 2.00 bits per heavy atom. The average Bonchev–Trinajstić information content (AvgIpc) is 2.48. The molecular formula is C17H26N2O2. The summed E-state index contributed by atoms with van der Waals surface area (Å²) in [6, 6.07) is 7.89. The minimum absolute atomic E-state index is 0.0342. The van der Waals surface area contributed by atoms with Gasteiger partial charge in [0.1, 0.15) is 5.75 Å². The second-order valence-corrected chi connectivity index (χ2v) is 5.96. The first kappa shape index (κ1) is 15.8. The summed E-state index contributed by atoms with van der Waals surface area (Å²) in [6.07, 6.45) is 5.36. The molecule has 4 heteroatoms. The Labute approximate surface area is 127 Å². The van der Waals surface area contributed by atoms with Crippen LogP contribution in [0.2, 0.25) is 0 Å². The molecule has 1 aliphatic rings. The van der Waals surface area contributed by atoms with Crippen LogP contribution in [-0.4, -0.2) is 18.1 Å². The zero-order chi connectivity index (χ0) is 15.2. The third kappa shape index (κ3) is 4.74. The van der Waals surface area contributed by atoms with Crippen LogP contribution in [0, 0.1) is 0 Å². The molecule has 2 rings (SSSR count). The van der Waals surface area contributed by atoms with Crippen LogP contribution >= 0.6 is 0 Å². The molecule has 0 saturated heterocycles. The van der Waals surface area contributed by atoms with E-state index < -0.39 is 6.10 Å². The third-order valence-corrected chi connectivity index (χ3v) is 4.02. The van der Waals surface area contributed by atoms with Crippen LogP contribution in [-0.2, 0) is 4.79 Å². The Morgan fingerprint density at radius 3 is 2.67 bits per heavy atom. The van der Waals surface area contributed by atoms with Crippen molar-refractivity contribution in [3.05, 3.63) is 29.8 Å². The number of hydrogen-bond donors (Lipinski definition) is 2. The first-order chi connectivity index (χ1) is 10.1. The van der Waals surface area contributed by atoms with Crippen molar-refractivity contribution < 1.29 is 9.53 Å². The summed E-state index contributed by atoms with van der Waals surface area (Å²) in [5.74, 6) is 0.657. The fourth-order valence-electron chi connectivity index (χ4n) is 2.69. The van der Waals surface area contributed by atoms with Gasteiger partial charge in [0.2, 0.25) is 0 Å². The van der Waals surface area contributed by atoms with Gasteiger partial charge in [0.25, 0.3) is 5.91 Å². The van der Waals surface area contributed by atoms with Gasteiger partial charge in [0.15, 0.2) is 6.10 Å². The van der Waals surface area contributed by atoms with Gasteiger partial charge in [-0.05, 0) is 44.4 Å². The number of hydrogen-bond acceptors (Lipinski definition) is 3. The highest BCUT2D eigenvalue weighted by Crippen LogP contribution is 2.20. The predicted octanol–water partition coefficient (Wildman–Crippen LogP) is 2.92. The Kier molecular flexibility index (Phi) is 5.62. The van der Waals surface area contributed by atoms with E-state index in [-0.39, 0.29) is 11.9 Å². The standard InChI is InChI=1S/C17H26N2O2/c1-12(18)14-7-6-10-16(11-14)21-13(2)17(20)19-15-8-4-3-5-9-15/h6-7,10-13,15H,3-5,8-9,18H2,1-2H3,(H,19,20)/t12-,13?/m0/s1. The molecule has 0 heterocycles. The van der Waals surface area contributed by atoms with E-state index in [0.29, 0.717) is 11.8 Å². The summed E-state index contributed by atoms with van der Waals surface area (Å²) in [4.78, 5) is 12.2. The monoisotopic (exact) mass is 290 g/mol. The molecule has 1 fully saturated rings. The number of rotatable bonds is 5. The highest BCUT2D eigenvalue weighted by atomic mass is 16.5. The molecule has 1 aromatic rings. The SMILES string of the molecule is CC(Oc1cccc([C@H](C)N)c1)C(=O)NC1CCCCC1. The van der Waals surface area contributed by atoms with Gasteiger partial charge in [-0.3, -0.25) is 4.79 Å². The molecule has 1 unspecified atom stereocenters. The zero-order valence-corrected chi connectivity index (χ0v) is 13.0. The number of ether oxygens (including phenoxy) is 1. The van der Waals surface area contributed by atoms with Gasteiger partial charge in [-0.2, -0.15) is 0 Å². The fourth-order valence-corrected chi connectivity index (χ4v) is 2.69. The normalized spacial score (nSPS) is 18.8.